The molecule has 194 valence electrons. The van der Waals surface area contributed by atoms with Crippen LogP contribution >= 0.6 is 11.3 Å². The second-order valence-corrected chi connectivity index (χ2v) is 12.0. The molecule has 1 aliphatic heterocycles. The summed E-state index contributed by atoms with van der Waals surface area (Å²) in [5.41, 5.74) is 1.75. The quantitative estimate of drug-likeness (QED) is 0.464. The van der Waals surface area contributed by atoms with E-state index in [-0.39, 0.29) is 30.0 Å². The Bertz CT molecular complexity index is 987. The third kappa shape index (κ3) is 7.71. The van der Waals surface area contributed by atoms with E-state index in [0.717, 1.165) is 28.3 Å². The maximum absolute atomic E-state index is 13.4. The van der Waals surface area contributed by atoms with Gasteiger partial charge in [-0.1, -0.05) is 65.3 Å². The van der Waals surface area contributed by atoms with Gasteiger partial charge in [-0.2, -0.15) is 0 Å². The van der Waals surface area contributed by atoms with E-state index in [1.54, 1.807) is 25.2 Å². The van der Waals surface area contributed by atoms with E-state index in [2.05, 4.69) is 37.1 Å². The molecule has 0 aromatic carbocycles. The highest BCUT2D eigenvalue weighted by molar-refractivity contribution is 7.09. The number of hydrogen-bond acceptors (Lipinski definition) is 6. The number of hydrogen-bond donors (Lipinski definition) is 1. The number of carbonyl (C=O) groups is 2. The third-order valence-electron chi connectivity index (χ3n) is 7.54. The molecule has 0 unspecified atom stereocenters. The second kappa shape index (κ2) is 12.3. The van der Waals surface area contributed by atoms with Gasteiger partial charge in [0, 0.05) is 17.2 Å². The standard InChI is InChI=1S/C29H43NO4S/c1-17-11-10-12-18(2)21(5)22(6)28(33)29(8,9)25(31)15-26(32)34-27(19(3)13-17)20(4)14-24-16-35-23(7)30-24/h10-11,13-14,16,18-19,21-22,25,27,31H,12,15H2,1-9H3/b11-10?,17-13?,20-14+/t18-,19-,21-,22+,25-,27-/m0/s1. The molecule has 1 aromatic rings. The van der Waals surface area contributed by atoms with Crippen LogP contribution in [-0.2, 0) is 14.3 Å². The molecule has 0 saturated carbocycles. The van der Waals surface area contributed by atoms with Gasteiger partial charge < -0.3 is 9.84 Å². The van der Waals surface area contributed by atoms with Gasteiger partial charge in [0.15, 0.2) is 0 Å². The van der Waals surface area contributed by atoms with Crippen LogP contribution in [-0.4, -0.2) is 34.1 Å². The van der Waals surface area contributed by atoms with Gasteiger partial charge in [0.05, 0.1) is 28.6 Å². The first-order valence-electron chi connectivity index (χ1n) is 12.6. The topological polar surface area (TPSA) is 76.5 Å². The van der Waals surface area contributed by atoms with Gasteiger partial charge in [-0.25, -0.2) is 4.98 Å². The van der Waals surface area contributed by atoms with E-state index >= 15 is 0 Å². The summed E-state index contributed by atoms with van der Waals surface area (Å²) in [7, 11) is 0. The number of aliphatic hydroxyl groups excluding tert-OH is 1. The first kappa shape index (κ1) is 29.2. The highest BCUT2D eigenvalue weighted by atomic mass is 32.1. The Balaban J connectivity index is 2.45. The van der Waals surface area contributed by atoms with Gasteiger partial charge in [0.2, 0.25) is 0 Å². The van der Waals surface area contributed by atoms with Gasteiger partial charge in [-0.05, 0) is 50.7 Å². The first-order valence-corrected chi connectivity index (χ1v) is 13.5. The molecule has 0 saturated heterocycles. The van der Waals surface area contributed by atoms with Crippen LogP contribution in [0.5, 0.6) is 0 Å². The lowest BCUT2D eigenvalue weighted by molar-refractivity contribution is -0.154. The number of aliphatic hydroxyl groups is 1. The van der Waals surface area contributed by atoms with Crippen LogP contribution in [0.15, 0.2) is 34.8 Å². The molecule has 0 radical (unpaired) electrons. The summed E-state index contributed by atoms with van der Waals surface area (Å²) in [6.07, 6.45) is 7.32. The number of ether oxygens (including phenoxy) is 1. The number of ketones is 1. The Hall–Kier alpha value is -2.05. The predicted molar refractivity (Wildman–Crippen MR) is 144 cm³/mol. The van der Waals surface area contributed by atoms with Gasteiger partial charge in [0.25, 0.3) is 0 Å². The molecule has 1 aromatic heterocycles. The van der Waals surface area contributed by atoms with E-state index < -0.39 is 23.6 Å². The number of thiazole rings is 1. The molecular weight excluding hydrogens is 458 g/mol. The lowest BCUT2D eigenvalue weighted by Gasteiger charge is -2.35. The lowest BCUT2D eigenvalue weighted by Crippen LogP contribution is -2.44. The summed E-state index contributed by atoms with van der Waals surface area (Å²) < 4.78 is 5.95. The number of carbonyl (C=O) groups excluding carboxylic acids is 2. The molecule has 0 spiro atoms. The van der Waals surface area contributed by atoms with Crippen molar-refractivity contribution in [1.82, 2.24) is 4.98 Å². The highest BCUT2D eigenvalue weighted by Crippen LogP contribution is 2.34. The molecule has 6 heteroatoms. The zero-order valence-corrected chi connectivity index (χ0v) is 23.6. The molecule has 2 heterocycles. The number of allylic oxidation sites excluding steroid dienone is 3. The minimum Gasteiger partial charge on any atom is -0.457 e. The van der Waals surface area contributed by atoms with Gasteiger partial charge in [0.1, 0.15) is 11.9 Å². The van der Waals surface area contributed by atoms with Gasteiger partial charge in [-0.15, -0.1) is 11.3 Å². The van der Waals surface area contributed by atoms with Crippen molar-refractivity contribution >= 4 is 29.2 Å². The number of cyclic esters (lactones) is 1. The Kier molecular flexibility index (Phi) is 10.2. The summed E-state index contributed by atoms with van der Waals surface area (Å²) in [6, 6.07) is 0. The molecule has 0 amide bonds. The van der Waals surface area contributed by atoms with Crippen molar-refractivity contribution in [3.8, 4) is 0 Å². The summed E-state index contributed by atoms with van der Waals surface area (Å²) in [5, 5.41) is 13.9. The van der Waals surface area contributed by atoms with Crippen molar-refractivity contribution in [3.05, 3.63) is 45.5 Å². The zero-order chi connectivity index (χ0) is 26.5. The van der Waals surface area contributed by atoms with Crippen LogP contribution in [0.4, 0.5) is 0 Å². The molecule has 2 rings (SSSR count). The highest BCUT2D eigenvalue weighted by Gasteiger charge is 2.41. The predicted octanol–water partition coefficient (Wildman–Crippen LogP) is 6.56. The third-order valence-corrected chi connectivity index (χ3v) is 8.33. The molecule has 1 N–H and O–H groups in total. The van der Waals surface area contributed by atoms with Gasteiger partial charge >= 0.3 is 5.97 Å². The van der Waals surface area contributed by atoms with E-state index in [9.17, 15) is 14.7 Å². The second-order valence-electron chi connectivity index (χ2n) is 10.9. The average molecular weight is 502 g/mol. The molecule has 0 aliphatic carbocycles. The number of rotatable bonds is 2. The fourth-order valence-electron chi connectivity index (χ4n) is 4.70. The Morgan fingerprint density at radius 1 is 1.20 bits per heavy atom. The Labute approximate surface area is 215 Å². The largest absolute Gasteiger partial charge is 0.457 e. The number of esters is 1. The van der Waals surface area contributed by atoms with Crippen LogP contribution in [0, 0.1) is 36.0 Å². The summed E-state index contributed by atoms with van der Waals surface area (Å²) in [4.78, 5) is 30.9. The van der Waals surface area contributed by atoms with E-state index in [4.69, 9.17) is 4.74 Å². The first-order chi connectivity index (χ1) is 16.2. The van der Waals surface area contributed by atoms with E-state index in [1.165, 1.54) is 0 Å². The minimum atomic E-state index is -1.13. The van der Waals surface area contributed by atoms with Gasteiger partial charge in [-0.3, -0.25) is 9.59 Å². The number of Topliss-reactive ketones (excluding diaryl/α,β-unsaturated/α-hetero) is 1. The maximum Gasteiger partial charge on any atom is 0.309 e. The number of aryl methyl sites for hydroxylation is 1. The van der Waals surface area contributed by atoms with E-state index in [0.29, 0.717) is 5.92 Å². The summed E-state index contributed by atoms with van der Waals surface area (Å²) in [5.74, 6) is -0.405. The monoisotopic (exact) mass is 501 g/mol. The van der Waals surface area contributed by atoms with Crippen LogP contribution in [0.3, 0.4) is 0 Å². The van der Waals surface area contributed by atoms with Crippen molar-refractivity contribution in [3.63, 3.8) is 0 Å². The average Bonchev–Trinajstić information content (AvgIpc) is 3.19. The number of aromatic nitrogens is 1. The molecule has 6 atom stereocenters. The fourth-order valence-corrected chi connectivity index (χ4v) is 5.27. The van der Waals surface area contributed by atoms with Crippen molar-refractivity contribution in [2.75, 3.05) is 0 Å². The normalized spacial score (nSPS) is 31.7. The molecule has 0 bridgehead atoms. The Morgan fingerprint density at radius 2 is 1.86 bits per heavy atom. The molecular formula is C29H43NO4S. The minimum absolute atomic E-state index is 0.0239. The van der Waals surface area contributed by atoms with E-state index in [1.807, 2.05) is 46.1 Å². The summed E-state index contributed by atoms with van der Waals surface area (Å²) >= 11 is 1.57. The molecule has 1 aliphatic rings. The molecule has 5 nitrogen and oxygen atoms in total. The number of nitrogens with zero attached hydrogens (tertiary/aromatic N) is 1. The Morgan fingerprint density at radius 3 is 2.46 bits per heavy atom. The van der Waals surface area contributed by atoms with Crippen LogP contribution < -0.4 is 0 Å². The fraction of sp³-hybridized carbons (Fsp3) is 0.621. The SMILES string of the molecule is CC1=C[C@H](C)[C@@H](/C(C)=C/c2csc(C)n2)OC(=O)C[C@H](O)C(C)(C)C(=O)[C@H](C)[C@@H](C)[C@@H](C)CC=C1. The van der Waals surface area contributed by atoms with Crippen LogP contribution in [0.1, 0.15) is 78.9 Å². The lowest BCUT2D eigenvalue weighted by atomic mass is 9.70. The molecule has 35 heavy (non-hydrogen) atoms. The van der Waals surface area contributed by atoms with Crippen LogP contribution in [0.2, 0.25) is 0 Å². The van der Waals surface area contributed by atoms with Crippen molar-refractivity contribution < 1.29 is 19.4 Å². The molecule has 0 fully saturated rings. The smallest absolute Gasteiger partial charge is 0.309 e. The van der Waals surface area contributed by atoms with Crippen molar-refractivity contribution in [2.24, 2.45) is 29.1 Å². The van der Waals surface area contributed by atoms with Crippen molar-refractivity contribution in [2.45, 2.75) is 87.4 Å². The zero-order valence-electron chi connectivity index (χ0n) is 22.8. The van der Waals surface area contributed by atoms with Crippen LogP contribution in [0.25, 0.3) is 6.08 Å². The maximum atomic E-state index is 13.4. The summed E-state index contributed by atoms with van der Waals surface area (Å²) in [6.45, 7) is 17.6. The van der Waals surface area contributed by atoms with Crippen molar-refractivity contribution in [1.29, 1.82) is 0 Å².